The van der Waals surface area contributed by atoms with Crippen molar-refractivity contribution in [3.05, 3.63) is 40.7 Å². The summed E-state index contributed by atoms with van der Waals surface area (Å²) in [6.45, 7) is 9.04. The molecular formula is C28H41ClN6O4. The number of hydrogen-bond acceptors (Lipinski definition) is 7. The van der Waals surface area contributed by atoms with Crippen LogP contribution in [0.2, 0.25) is 5.02 Å². The number of morpholine rings is 1. The summed E-state index contributed by atoms with van der Waals surface area (Å²) in [6, 6.07) is 7.27. The Morgan fingerprint density at radius 1 is 1.23 bits per heavy atom. The van der Waals surface area contributed by atoms with Crippen molar-refractivity contribution in [2.24, 2.45) is 11.8 Å². The van der Waals surface area contributed by atoms with Gasteiger partial charge in [-0.05, 0) is 49.8 Å². The van der Waals surface area contributed by atoms with E-state index in [2.05, 4.69) is 29.5 Å². The number of benzene rings is 1. The van der Waals surface area contributed by atoms with Crippen molar-refractivity contribution >= 4 is 23.4 Å². The highest BCUT2D eigenvalue weighted by Crippen LogP contribution is 2.25. The number of aromatic nitrogens is 3. The zero-order valence-electron chi connectivity index (χ0n) is 23.3. The average Bonchev–Trinajstić information content (AvgIpc) is 3.37. The predicted molar refractivity (Wildman–Crippen MR) is 149 cm³/mol. The highest BCUT2D eigenvalue weighted by Gasteiger charge is 2.37. The van der Waals surface area contributed by atoms with E-state index in [4.69, 9.17) is 21.1 Å². The Hall–Kier alpha value is -2.53. The number of carbonyl (C=O) groups excluding carboxylic acids is 2. The molecule has 2 saturated heterocycles. The Bertz CT molecular complexity index is 1100. The van der Waals surface area contributed by atoms with Crippen LogP contribution < -0.4 is 5.32 Å². The van der Waals surface area contributed by atoms with Gasteiger partial charge in [0.1, 0.15) is 0 Å². The van der Waals surface area contributed by atoms with Gasteiger partial charge in [0.05, 0.1) is 30.5 Å². The first-order valence-corrected chi connectivity index (χ1v) is 14.3. The summed E-state index contributed by atoms with van der Waals surface area (Å²) in [5.74, 6) is 0.0561. The molecule has 39 heavy (non-hydrogen) atoms. The maximum atomic E-state index is 14.2. The van der Waals surface area contributed by atoms with E-state index in [1.165, 1.54) is 0 Å². The van der Waals surface area contributed by atoms with Crippen molar-refractivity contribution in [2.45, 2.75) is 45.6 Å². The first-order chi connectivity index (χ1) is 18.9. The molecule has 1 N–H and O–H groups in total. The number of nitrogens with one attached hydrogen (secondary N) is 1. The fraction of sp³-hybridized carbons (Fsp3) is 0.643. The molecule has 1 aromatic heterocycles. The predicted octanol–water partition coefficient (Wildman–Crippen LogP) is 2.82. The Morgan fingerprint density at radius 3 is 2.74 bits per heavy atom. The van der Waals surface area contributed by atoms with Crippen LogP contribution in [0.25, 0.3) is 5.69 Å². The third-order valence-corrected chi connectivity index (χ3v) is 7.53. The van der Waals surface area contributed by atoms with E-state index in [-0.39, 0.29) is 29.7 Å². The number of unbranched alkanes of at least 4 members (excludes halogenated alkanes) is 1. The number of methoxy groups -OCH3 is 1. The molecule has 2 aromatic rings. The topological polar surface area (TPSA) is 102 Å². The minimum absolute atomic E-state index is 0.124. The van der Waals surface area contributed by atoms with E-state index in [0.717, 1.165) is 24.2 Å². The lowest BCUT2D eigenvalue weighted by molar-refractivity contribution is -0.140. The molecule has 0 aliphatic carbocycles. The molecule has 214 valence electrons. The first kappa shape index (κ1) is 29.5. The minimum Gasteiger partial charge on any atom is -0.385 e. The molecule has 10 nitrogen and oxygen atoms in total. The van der Waals surface area contributed by atoms with Crippen molar-refractivity contribution < 1.29 is 19.1 Å². The molecule has 3 heterocycles. The first-order valence-electron chi connectivity index (χ1n) is 14.0. The van der Waals surface area contributed by atoms with Crippen LogP contribution in [0.15, 0.2) is 24.3 Å². The largest absolute Gasteiger partial charge is 0.385 e. The fourth-order valence-corrected chi connectivity index (χ4v) is 5.54. The standard InChI is InChI=1S/C28H41ClN6O4/c1-20(2)19-34(24-15-21(17-30-18-24)27(36)33-10-13-39-14-11-33)28(37)26-25(9-4-5-12-38-3)35(32-31-26)23-8-6-7-22(29)16-23/h6-8,16,20-21,24,30H,4-5,9-15,17-19H2,1-3H3/t21-,24+/m1/s1. The maximum absolute atomic E-state index is 14.2. The van der Waals surface area contributed by atoms with Gasteiger partial charge in [0.15, 0.2) is 5.69 Å². The van der Waals surface area contributed by atoms with Crippen LogP contribution in [0, 0.1) is 11.8 Å². The van der Waals surface area contributed by atoms with E-state index in [0.29, 0.717) is 76.1 Å². The van der Waals surface area contributed by atoms with Crippen LogP contribution in [-0.2, 0) is 20.7 Å². The summed E-state index contributed by atoms with van der Waals surface area (Å²) in [5, 5.41) is 12.8. The Balaban J connectivity index is 1.59. The van der Waals surface area contributed by atoms with Crippen molar-refractivity contribution in [3.8, 4) is 5.69 Å². The molecule has 4 rings (SSSR count). The van der Waals surface area contributed by atoms with Crippen LogP contribution in [-0.4, -0.2) is 102 Å². The summed E-state index contributed by atoms with van der Waals surface area (Å²) in [6.07, 6.45) is 2.93. The zero-order valence-corrected chi connectivity index (χ0v) is 24.0. The van der Waals surface area contributed by atoms with E-state index in [1.54, 1.807) is 17.9 Å². The van der Waals surface area contributed by atoms with Gasteiger partial charge in [-0.3, -0.25) is 9.59 Å². The molecule has 0 spiro atoms. The number of amides is 2. The van der Waals surface area contributed by atoms with Gasteiger partial charge in [0.25, 0.3) is 5.91 Å². The van der Waals surface area contributed by atoms with Crippen molar-refractivity contribution in [3.63, 3.8) is 0 Å². The summed E-state index contributed by atoms with van der Waals surface area (Å²) in [5.41, 5.74) is 1.88. The van der Waals surface area contributed by atoms with Crippen molar-refractivity contribution in [2.75, 3.05) is 59.7 Å². The lowest BCUT2D eigenvalue weighted by Crippen LogP contribution is -2.56. The monoisotopic (exact) mass is 560 g/mol. The Morgan fingerprint density at radius 2 is 2.03 bits per heavy atom. The van der Waals surface area contributed by atoms with Crippen molar-refractivity contribution in [1.82, 2.24) is 30.1 Å². The SMILES string of the molecule is COCCCCc1c(C(=O)N(CC(C)C)[C@@H]2CNC[C@H](C(=O)N3CCOCC3)C2)nnn1-c1cccc(Cl)c1. The van der Waals surface area contributed by atoms with E-state index in [1.807, 2.05) is 28.0 Å². The lowest BCUT2D eigenvalue weighted by atomic mass is 9.92. The second kappa shape index (κ2) is 14.2. The quantitative estimate of drug-likeness (QED) is 0.422. The van der Waals surface area contributed by atoms with Crippen LogP contribution >= 0.6 is 11.6 Å². The van der Waals surface area contributed by atoms with Crippen molar-refractivity contribution in [1.29, 1.82) is 0 Å². The molecule has 2 fully saturated rings. The summed E-state index contributed by atoms with van der Waals surface area (Å²) < 4.78 is 12.4. The van der Waals surface area contributed by atoms with Crippen LogP contribution in [0.1, 0.15) is 49.3 Å². The number of piperidine rings is 1. The molecule has 0 unspecified atom stereocenters. The van der Waals surface area contributed by atoms with Crippen LogP contribution in [0.4, 0.5) is 0 Å². The number of carbonyl (C=O) groups is 2. The molecule has 2 atom stereocenters. The van der Waals surface area contributed by atoms with Crippen LogP contribution in [0.3, 0.4) is 0 Å². The lowest BCUT2D eigenvalue weighted by Gasteiger charge is -2.40. The molecule has 11 heteroatoms. The molecular weight excluding hydrogens is 520 g/mol. The number of nitrogens with zero attached hydrogens (tertiary/aromatic N) is 5. The molecule has 1 aromatic carbocycles. The molecule has 2 amide bonds. The molecule has 0 bridgehead atoms. The summed E-state index contributed by atoms with van der Waals surface area (Å²) in [4.78, 5) is 31.3. The van der Waals surface area contributed by atoms with Gasteiger partial charge in [-0.15, -0.1) is 5.10 Å². The summed E-state index contributed by atoms with van der Waals surface area (Å²) >= 11 is 6.27. The number of hydrogen-bond donors (Lipinski definition) is 1. The number of halogens is 1. The average molecular weight is 561 g/mol. The van der Waals surface area contributed by atoms with Gasteiger partial charge in [0, 0.05) is 57.5 Å². The zero-order chi connectivity index (χ0) is 27.8. The van der Waals surface area contributed by atoms with Gasteiger partial charge in [0.2, 0.25) is 5.91 Å². The van der Waals surface area contributed by atoms with E-state index in [9.17, 15) is 9.59 Å². The molecule has 2 aliphatic rings. The fourth-order valence-electron chi connectivity index (χ4n) is 5.36. The van der Waals surface area contributed by atoms with Gasteiger partial charge >= 0.3 is 0 Å². The van der Waals surface area contributed by atoms with Gasteiger partial charge in [-0.1, -0.05) is 36.7 Å². The Kier molecular flexibility index (Phi) is 10.7. The Labute approximate surface area is 235 Å². The van der Waals surface area contributed by atoms with Gasteiger partial charge in [-0.25, -0.2) is 4.68 Å². The van der Waals surface area contributed by atoms with E-state index >= 15 is 0 Å². The third kappa shape index (κ3) is 7.57. The van der Waals surface area contributed by atoms with Gasteiger partial charge in [-0.2, -0.15) is 0 Å². The molecule has 0 saturated carbocycles. The van der Waals surface area contributed by atoms with Crippen LogP contribution in [0.5, 0.6) is 0 Å². The minimum atomic E-state index is -0.181. The molecule has 2 aliphatic heterocycles. The number of rotatable bonds is 11. The smallest absolute Gasteiger partial charge is 0.276 e. The maximum Gasteiger partial charge on any atom is 0.276 e. The second-order valence-electron chi connectivity index (χ2n) is 10.8. The third-order valence-electron chi connectivity index (χ3n) is 7.29. The van der Waals surface area contributed by atoms with Gasteiger partial charge < -0.3 is 24.6 Å². The molecule has 0 radical (unpaired) electrons. The second-order valence-corrected chi connectivity index (χ2v) is 11.2. The normalized spacial score (nSPS) is 19.9. The highest BCUT2D eigenvalue weighted by atomic mass is 35.5. The van der Waals surface area contributed by atoms with E-state index < -0.39 is 0 Å². The number of ether oxygens (including phenoxy) is 2. The highest BCUT2D eigenvalue weighted by molar-refractivity contribution is 6.30. The summed E-state index contributed by atoms with van der Waals surface area (Å²) in [7, 11) is 1.69.